The Bertz CT molecular complexity index is 134. The third kappa shape index (κ3) is 8.94. The Kier molecular flexibility index (Phi) is 6.37. The number of oxime groups is 1. The summed E-state index contributed by atoms with van der Waals surface area (Å²) in [5.74, 6) is 0. The second-order valence-corrected chi connectivity index (χ2v) is 2.19. The van der Waals surface area contributed by atoms with Crippen molar-refractivity contribution in [3.63, 3.8) is 0 Å². The van der Waals surface area contributed by atoms with Crippen LogP contribution in [0.1, 0.15) is 32.6 Å². The van der Waals surface area contributed by atoms with Crippen molar-refractivity contribution >= 4 is 12.3 Å². The molecule has 0 radical (unpaired) electrons. The topological polar surface area (TPSA) is 64.7 Å². The lowest BCUT2D eigenvalue weighted by Crippen LogP contribution is -2.09. The van der Waals surface area contributed by atoms with Crippen LogP contribution in [0.3, 0.4) is 0 Å². The van der Waals surface area contributed by atoms with Gasteiger partial charge in [-0.1, -0.05) is 24.9 Å². The number of hydrogen-bond donors (Lipinski definition) is 1. The number of amides is 1. The highest BCUT2D eigenvalue weighted by Gasteiger charge is 1.86. The maximum atomic E-state index is 9.97. The van der Waals surface area contributed by atoms with Gasteiger partial charge in [0.05, 0.1) is 0 Å². The SMILES string of the molecule is CCCCCC=NOC(N)=O. The molecule has 0 saturated carbocycles. The van der Waals surface area contributed by atoms with Crippen molar-refractivity contribution in [2.45, 2.75) is 32.6 Å². The normalized spacial score (nSPS) is 10.3. The summed E-state index contributed by atoms with van der Waals surface area (Å²) >= 11 is 0. The van der Waals surface area contributed by atoms with Crippen LogP contribution in [0, 0.1) is 0 Å². The quantitative estimate of drug-likeness (QED) is 0.286. The van der Waals surface area contributed by atoms with E-state index in [-0.39, 0.29) is 0 Å². The van der Waals surface area contributed by atoms with Gasteiger partial charge in [-0.2, -0.15) is 0 Å². The predicted octanol–water partition coefficient (Wildman–Crippen LogP) is 1.65. The van der Waals surface area contributed by atoms with Crippen LogP contribution in [-0.2, 0) is 4.84 Å². The molecule has 0 aromatic rings. The van der Waals surface area contributed by atoms with Gasteiger partial charge in [-0.15, -0.1) is 0 Å². The Morgan fingerprint density at radius 2 is 2.36 bits per heavy atom. The summed E-state index contributed by atoms with van der Waals surface area (Å²) in [4.78, 5) is 14.1. The molecular weight excluding hydrogens is 144 g/mol. The van der Waals surface area contributed by atoms with E-state index in [0.717, 1.165) is 12.8 Å². The van der Waals surface area contributed by atoms with E-state index in [1.54, 1.807) is 6.21 Å². The van der Waals surface area contributed by atoms with Crippen molar-refractivity contribution in [3.8, 4) is 0 Å². The van der Waals surface area contributed by atoms with Crippen LogP contribution in [0.15, 0.2) is 5.16 Å². The van der Waals surface area contributed by atoms with E-state index < -0.39 is 6.09 Å². The number of hydrogen-bond acceptors (Lipinski definition) is 3. The van der Waals surface area contributed by atoms with Crippen molar-refractivity contribution in [3.05, 3.63) is 0 Å². The highest BCUT2D eigenvalue weighted by molar-refractivity contribution is 5.66. The Labute approximate surface area is 66.4 Å². The first kappa shape index (κ1) is 9.94. The predicted molar refractivity (Wildman–Crippen MR) is 43.3 cm³/mol. The fraction of sp³-hybridized carbons (Fsp3) is 0.714. The highest BCUT2D eigenvalue weighted by atomic mass is 16.7. The van der Waals surface area contributed by atoms with Crippen LogP contribution < -0.4 is 5.73 Å². The molecule has 0 saturated heterocycles. The second kappa shape index (κ2) is 7.05. The lowest BCUT2D eigenvalue weighted by Gasteiger charge is -1.90. The molecule has 4 heteroatoms. The number of rotatable bonds is 5. The number of primary amides is 1. The molecule has 0 aliphatic heterocycles. The summed E-state index contributed by atoms with van der Waals surface area (Å²) in [6.07, 6.45) is 4.94. The molecule has 0 atom stereocenters. The third-order valence-corrected chi connectivity index (χ3v) is 1.15. The monoisotopic (exact) mass is 158 g/mol. The lowest BCUT2D eigenvalue weighted by atomic mass is 10.2. The van der Waals surface area contributed by atoms with Crippen molar-refractivity contribution in [1.82, 2.24) is 0 Å². The number of nitrogens with zero attached hydrogens (tertiary/aromatic N) is 1. The van der Waals surface area contributed by atoms with Crippen LogP contribution in [0.2, 0.25) is 0 Å². The maximum absolute atomic E-state index is 9.97. The van der Waals surface area contributed by atoms with Gasteiger partial charge in [-0.05, 0) is 12.8 Å². The molecule has 0 spiro atoms. The minimum Gasteiger partial charge on any atom is -0.333 e. The zero-order chi connectivity index (χ0) is 8.53. The van der Waals surface area contributed by atoms with Gasteiger partial charge in [0.25, 0.3) is 0 Å². The minimum atomic E-state index is -0.864. The van der Waals surface area contributed by atoms with E-state index >= 15 is 0 Å². The molecule has 0 aromatic carbocycles. The Morgan fingerprint density at radius 1 is 1.64 bits per heavy atom. The van der Waals surface area contributed by atoms with Gasteiger partial charge in [0, 0.05) is 6.21 Å². The van der Waals surface area contributed by atoms with E-state index in [2.05, 4.69) is 22.7 Å². The number of unbranched alkanes of at least 4 members (excludes halogenated alkanes) is 3. The Balaban J connectivity index is 3.10. The molecule has 0 bridgehead atoms. The van der Waals surface area contributed by atoms with Gasteiger partial charge in [0.1, 0.15) is 0 Å². The summed E-state index contributed by atoms with van der Waals surface area (Å²) in [6.45, 7) is 2.12. The highest BCUT2D eigenvalue weighted by Crippen LogP contribution is 1.95. The minimum absolute atomic E-state index is 0.834. The van der Waals surface area contributed by atoms with E-state index in [1.165, 1.54) is 12.8 Å². The van der Waals surface area contributed by atoms with E-state index in [1.807, 2.05) is 0 Å². The first-order valence-corrected chi connectivity index (χ1v) is 3.75. The standard InChI is InChI=1S/C7H14N2O2/c1-2-3-4-5-6-9-11-7(8)10/h6H,2-5H2,1H3,(H2,8,10). The van der Waals surface area contributed by atoms with E-state index in [9.17, 15) is 4.79 Å². The van der Waals surface area contributed by atoms with Crippen molar-refractivity contribution in [2.24, 2.45) is 10.9 Å². The molecule has 64 valence electrons. The number of carbonyl (C=O) groups is 1. The third-order valence-electron chi connectivity index (χ3n) is 1.15. The first-order valence-electron chi connectivity index (χ1n) is 3.75. The molecule has 0 rings (SSSR count). The molecule has 0 aromatic heterocycles. The average Bonchev–Trinajstić information content (AvgIpc) is 1.96. The van der Waals surface area contributed by atoms with E-state index in [0.29, 0.717) is 0 Å². The summed E-state index contributed by atoms with van der Waals surface area (Å²) in [6, 6.07) is 0. The van der Waals surface area contributed by atoms with Crippen molar-refractivity contribution in [1.29, 1.82) is 0 Å². The Morgan fingerprint density at radius 3 is 2.91 bits per heavy atom. The number of nitrogens with two attached hydrogens (primary N) is 1. The summed E-state index contributed by atoms with van der Waals surface area (Å²) < 4.78 is 0. The van der Waals surface area contributed by atoms with E-state index in [4.69, 9.17) is 0 Å². The maximum Gasteiger partial charge on any atom is 0.430 e. The van der Waals surface area contributed by atoms with Gasteiger partial charge >= 0.3 is 6.09 Å². The zero-order valence-electron chi connectivity index (χ0n) is 6.75. The van der Waals surface area contributed by atoms with Crippen LogP contribution in [-0.4, -0.2) is 12.3 Å². The van der Waals surface area contributed by atoms with Crippen LogP contribution in [0.5, 0.6) is 0 Å². The summed E-state index contributed by atoms with van der Waals surface area (Å²) in [5, 5.41) is 3.34. The smallest absolute Gasteiger partial charge is 0.333 e. The molecule has 2 N–H and O–H groups in total. The molecule has 0 unspecified atom stereocenters. The first-order chi connectivity index (χ1) is 5.27. The molecule has 1 amide bonds. The molecule has 0 fully saturated rings. The summed E-state index contributed by atoms with van der Waals surface area (Å²) in [5.41, 5.74) is 4.66. The lowest BCUT2D eigenvalue weighted by molar-refractivity contribution is 0.162. The van der Waals surface area contributed by atoms with Gasteiger partial charge in [0.2, 0.25) is 0 Å². The van der Waals surface area contributed by atoms with Crippen LogP contribution in [0.4, 0.5) is 4.79 Å². The zero-order valence-corrected chi connectivity index (χ0v) is 6.75. The van der Waals surface area contributed by atoms with Gasteiger partial charge in [0.15, 0.2) is 0 Å². The average molecular weight is 158 g/mol. The van der Waals surface area contributed by atoms with Crippen LogP contribution in [0.25, 0.3) is 0 Å². The molecule has 0 aliphatic carbocycles. The van der Waals surface area contributed by atoms with Gasteiger partial charge in [-0.3, -0.25) is 4.84 Å². The molecular formula is C7H14N2O2. The summed E-state index contributed by atoms with van der Waals surface area (Å²) in [7, 11) is 0. The van der Waals surface area contributed by atoms with Crippen LogP contribution >= 0.6 is 0 Å². The van der Waals surface area contributed by atoms with Crippen molar-refractivity contribution in [2.75, 3.05) is 0 Å². The van der Waals surface area contributed by atoms with Crippen molar-refractivity contribution < 1.29 is 9.63 Å². The second-order valence-electron chi connectivity index (χ2n) is 2.19. The van der Waals surface area contributed by atoms with Gasteiger partial charge in [-0.25, -0.2) is 4.79 Å². The molecule has 0 aliphatic rings. The molecule has 4 nitrogen and oxygen atoms in total. The largest absolute Gasteiger partial charge is 0.430 e. The fourth-order valence-electron chi connectivity index (χ4n) is 0.628. The van der Waals surface area contributed by atoms with Gasteiger partial charge < -0.3 is 5.73 Å². The molecule has 11 heavy (non-hydrogen) atoms. The molecule has 0 heterocycles. The Hall–Kier alpha value is -1.06. The fourth-order valence-corrected chi connectivity index (χ4v) is 0.628. The number of carbonyl (C=O) groups excluding carboxylic acids is 1.